The molecule has 1 unspecified atom stereocenters. The van der Waals surface area contributed by atoms with Crippen molar-refractivity contribution in [3.05, 3.63) is 70.9 Å². The number of rotatable bonds is 4. The molecule has 1 aliphatic carbocycles. The molecule has 2 aromatic carbocycles. The second kappa shape index (κ2) is 7.54. The van der Waals surface area contributed by atoms with Gasteiger partial charge in [-0.25, -0.2) is 4.79 Å². The molecule has 148 valence electrons. The average molecular weight is 391 g/mol. The SMILES string of the molecule is COc1ccc(C2CC(=O)N(c3cccc(C(=O)O)c3)C3=C2C(=O)CCC3)cc1. The van der Waals surface area contributed by atoms with Crippen LogP contribution < -0.4 is 9.64 Å². The summed E-state index contributed by atoms with van der Waals surface area (Å²) in [5, 5.41) is 9.30. The zero-order valence-corrected chi connectivity index (χ0v) is 16.1. The zero-order valence-electron chi connectivity index (χ0n) is 16.1. The number of hydrogen-bond donors (Lipinski definition) is 1. The number of carboxylic acid groups (broad SMARTS) is 1. The number of hydrogen-bond acceptors (Lipinski definition) is 4. The Balaban J connectivity index is 1.82. The number of anilines is 1. The molecule has 0 fully saturated rings. The zero-order chi connectivity index (χ0) is 20.5. The van der Waals surface area contributed by atoms with Crippen molar-refractivity contribution in [1.82, 2.24) is 0 Å². The summed E-state index contributed by atoms with van der Waals surface area (Å²) in [6, 6.07) is 13.7. The van der Waals surface area contributed by atoms with E-state index in [-0.39, 0.29) is 29.6 Å². The van der Waals surface area contributed by atoms with Gasteiger partial charge in [0, 0.05) is 35.7 Å². The quantitative estimate of drug-likeness (QED) is 0.854. The van der Waals surface area contributed by atoms with E-state index in [1.165, 1.54) is 12.1 Å². The Morgan fingerprint density at radius 2 is 1.86 bits per heavy atom. The van der Waals surface area contributed by atoms with Crippen LogP contribution in [-0.4, -0.2) is 29.9 Å². The van der Waals surface area contributed by atoms with E-state index < -0.39 is 5.97 Å². The first-order chi connectivity index (χ1) is 14.0. The lowest BCUT2D eigenvalue weighted by atomic mass is 9.77. The highest BCUT2D eigenvalue weighted by atomic mass is 16.5. The van der Waals surface area contributed by atoms with Crippen LogP contribution in [0.15, 0.2) is 59.8 Å². The number of allylic oxidation sites excluding steroid dienone is 2. The molecule has 1 heterocycles. The monoisotopic (exact) mass is 391 g/mol. The van der Waals surface area contributed by atoms with Gasteiger partial charge in [0.05, 0.1) is 12.7 Å². The summed E-state index contributed by atoms with van der Waals surface area (Å²) >= 11 is 0. The molecule has 1 amide bonds. The Bertz CT molecular complexity index is 1020. The van der Waals surface area contributed by atoms with E-state index in [4.69, 9.17) is 4.74 Å². The van der Waals surface area contributed by atoms with Crippen molar-refractivity contribution in [2.45, 2.75) is 31.6 Å². The Hall–Kier alpha value is -3.41. The molecule has 0 saturated heterocycles. The van der Waals surface area contributed by atoms with Crippen LogP contribution in [0.1, 0.15) is 47.5 Å². The number of ether oxygens (including phenoxy) is 1. The van der Waals surface area contributed by atoms with Crippen molar-refractivity contribution in [3.63, 3.8) is 0 Å². The maximum atomic E-state index is 13.2. The molecule has 29 heavy (non-hydrogen) atoms. The highest BCUT2D eigenvalue weighted by Gasteiger charge is 2.39. The summed E-state index contributed by atoms with van der Waals surface area (Å²) in [4.78, 5) is 38.9. The topological polar surface area (TPSA) is 83.9 Å². The van der Waals surface area contributed by atoms with Gasteiger partial charge in [-0.1, -0.05) is 18.2 Å². The number of Topliss-reactive ketones (excluding diaryl/α,β-unsaturated/α-hetero) is 1. The average Bonchev–Trinajstić information content (AvgIpc) is 2.73. The van der Waals surface area contributed by atoms with Gasteiger partial charge in [0.2, 0.25) is 5.91 Å². The molecule has 1 atom stereocenters. The molecule has 6 heteroatoms. The van der Waals surface area contributed by atoms with E-state index >= 15 is 0 Å². The van der Waals surface area contributed by atoms with E-state index in [1.54, 1.807) is 24.1 Å². The number of carboxylic acids is 1. The Labute approximate surface area is 168 Å². The van der Waals surface area contributed by atoms with E-state index in [2.05, 4.69) is 0 Å². The van der Waals surface area contributed by atoms with Gasteiger partial charge < -0.3 is 9.84 Å². The summed E-state index contributed by atoms with van der Waals surface area (Å²) < 4.78 is 5.21. The minimum Gasteiger partial charge on any atom is -0.497 e. The number of methoxy groups -OCH3 is 1. The molecule has 4 rings (SSSR count). The summed E-state index contributed by atoms with van der Waals surface area (Å²) in [6.07, 6.45) is 1.91. The normalized spacial score (nSPS) is 19.2. The molecule has 0 saturated carbocycles. The first-order valence-corrected chi connectivity index (χ1v) is 9.56. The van der Waals surface area contributed by atoms with Crippen molar-refractivity contribution in [3.8, 4) is 5.75 Å². The Morgan fingerprint density at radius 1 is 1.10 bits per heavy atom. The standard InChI is InChI=1S/C23H21NO5/c1-29-17-10-8-14(9-11-17)18-13-21(26)24(19-6-3-7-20(25)22(18)19)16-5-2-4-15(12-16)23(27)28/h2,4-5,8-12,18H,3,6-7,13H2,1H3,(H,27,28). The smallest absolute Gasteiger partial charge is 0.335 e. The predicted octanol–water partition coefficient (Wildman–Crippen LogP) is 3.92. The second-order valence-electron chi connectivity index (χ2n) is 7.25. The van der Waals surface area contributed by atoms with Crippen LogP contribution in [0.2, 0.25) is 0 Å². The number of carbonyl (C=O) groups excluding carboxylic acids is 2. The van der Waals surface area contributed by atoms with Gasteiger partial charge in [-0.15, -0.1) is 0 Å². The van der Waals surface area contributed by atoms with Crippen molar-refractivity contribution in [2.24, 2.45) is 0 Å². The number of nitrogens with zero attached hydrogens (tertiary/aromatic N) is 1. The summed E-state index contributed by atoms with van der Waals surface area (Å²) in [6.45, 7) is 0. The number of aromatic carboxylic acids is 1. The Morgan fingerprint density at radius 3 is 2.55 bits per heavy atom. The lowest BCUT2D eigenvalue weighted by Crippen LogP contribution is -2.40. The number of carbonyl (C=O) groups is 3. The highest BCUT2D eigenvalue weighted by molar-refractivity contribution is 6.07. The van der Waals surface area contributed by atoms with Crippen LogP contribution in [0, 0.1) is 0 Å². The van der Waals surface area contributed by atoms with Gasteiger partial charge in [-0.2, -0.15) is 0 Å². The van der Waals surface area contributed by atoms with Gasteiger partial charge in [-0.05, 0) is 48.7 Å². The van der Waals surface area contributed by atoms with Crippen molar-refractivity contribution < 1.29 is 24.2 Å². The minimum atomic E-state index is -1.05. The molecule has 0 bridgehead atoms. The van der Waals surface area contributed by atoms with Crippen LogP contribution in [-0.2, 0) is 9.59 Å². The van der Waals surface area contributed by atoms with Crippen molar-refractivity contribution >= 4 is 23.3 Å². The number of benzene rings is 2. The lowest BCUT2D eigenvalue weighted by Gasteiger charge is -2.38. The molecule has 0 spiro atoms. The third-order valence-electron chi connectivity index (χ3n) is 5.54. The van der Waals surface area contributed by atoms with Crippen LogP contribution in [0.5, 0.6) is 5.75 Å². The number of amides is 1. The molecule has 6 nitrogen and oxygen atoms in total. The summed E-state index contributed by atoms with van der Waals surface area (Å²) in [5.74, 6) is -0.718. The maximum Gasteiger partial charge on any atom is 0.335 e. The van der Waals surface area contributed by atoms with Crippen LogP contribution in [0.25, 0.3) is 0 Å². The van der Waals surface area contributed by atoms with Gasteiger partial charge in [0.1, 0.15) is 5.75 Å². The van der Waals surface area contributed by atoms with Crippen LogP contribution in [0.4, 0.5) is 5.69 Å². The van der Waals surface area contributed by atoms with Gasteiger partial charge >= 0.3 is 5.97 Å². The molecule has 1 N–H and O–H groups in total. The Kier molecular flexibility index (Phi) is 4.92. The highest BCUT2D eigenvalue weighted by Crippen LogP contribution is 2.43. The maximum absolute atomic E-state index is 13.2. The molecule has 0 radical (unpaired) electrons. The number of ketones is 1. The van der Waals surface area contributed by atoms with Gasteiger partial charge in [0.15, 0.2) is 5.78 Å². The molecule has 1 aliphatic heterocycles. The van der Waals surface area contributed by atoms with Gasteiger partial charge in [0.25, 0.3) is 0 Å². The van der Waals surface area contributed by atoms with Crippen LogP contribution >= 0.6 is 0 Å². The molecular formula is C23H21NO5. The van der Waals surface area contributed by atoms with Crippen molar-refractivity contribution in [1.29, 1.82) is 0 Å². The first kappa shape index (κ1) is 18.9. The fourth-order valence-electron chi connectivity index (χ4n) is 4.19. The van der Waals surface area contributed by atoms with E-state index in [1.807, 2.05) is 24.3 Å². The van der Waals surface area contributed by atoms with E-state index in [9.17, 15) is 19.5 Å². The fraction of sp³-hybridized carbons (Fsp3) is 0.261. The van der Waals surface area contributed by atoms with E-state index in [0.29, 0.717) is 42.0 Å². The second-order valence-corrected chi connectivity index (χ2v) is 7.25. The third kappa shape index (κ3) is 3.42. The fourth-order valence-corrected chi connectivity index (χ4v) is 4.19. The summed E-state index contributed by atoms with van der Waals surface area (Å²) in [7, 11) is 1.59. The first-order valence-electron chi connectivity index (χ1n) is 9.56. The van der Waals surface area contributed by atoms with Crippen LogP contribution in [0.3, 0.4) is 0 Å². The molecular weight excluding hydrogens is 370 g/mol. The predicted molar refractivity (Wildman–Crippen MR) is 107 cm³/mol. The largest absolute Gasteiger partial charge is 0.497 e. The molecule has 2 aliphatic rings. The van der Waals surface area contributed by atoms with Gasteiger partial charge in [-0.3, -0.25) is 14.5 Å². The van der Waals surface area contributed by atoms with Crippen molar-refractivity contribution in [2.75, 3.05) is 12.0 Å². The molecule has 2 aromatic rings. The van der Waals surface area contributed by atoms with E-state index in [0.717, 1.165) is 5.56 Å². The minimum absolute atomic E-state index is 0.0546. The lowest BCUT2D eigenvalue weighted by molar-refractivity contribution is -0.119. The summed E-state index contributed by atoms with van der Waals surface area (Å²) in [5.41, 5.74) is 2.87. The third-order valence-corrected chi connectivity index (χ3v) is 5.54. The molecule has 0 aromatic heterocycles.